The summed E-state index contributed by atoms with van der Waals surface area (Å²) in [6, 6.07) is 10.0. The number of benzene rings is 2. The predicted molar refractivity (Wildman–Crippen MR) is 147 cm³/mol. The summed E-state index contributed by atoms with van der Waals surface area (Å²) in [4.78, 5) is 40.8. The number of ether oxygens (including phenoxy) is 3. The second-order valence-electron chi connectivity index (χ2n) is 9.59. The number of hydrogen-bond acceptors (Lipinski definition) is 10. The number of nitrogens with zero attached hydrogens (tertiary/aromatic N) is 1. The lowest BCUT2D eigenvalue weighted by atomic mass is 10.1. The minimum Gasteiger partial charge on any atom is -0.478 e. The smallest absolute Gasteiger partial charge is 0.336 e. The van der Waals surface area contributed by atoms with Crippen LogP contribution in [-0.4, -0.2) is 60.9 Å². The van der Waals surface area contributed by atoms with Crippen molar-refractivity contribution in [3.63, 3.8) is 0 Å². The highest BCUT2D eigenvalue weighted by Crippen LogP contribution is 2.35. The van der Waals surface area contributed by atoms with E-state index in [9.17, 15) is 27.9 Å². The lowest BCUT2D eigenvalue weighted by Crippen LogP contribution is -2.31. The number of amides is 2. The number of carbonyl (C=O) groups is 3. The Bertz CT molecular complexity index is 1560. The Balaban J connectivity index is 1.32. The van der Waals surface area contributed by atoms with E-state index in [1.54, 1.807) is 12.1 Å². The Morgan fingerprint density at radius 1 is 1.05 bits per heavy atom. The molecule has 1 saturated carbocycles. The van der Waals surface area contributed by atoms with Gasteiger partial charge in [0.2, 0.25) is 11.0 Å². The molecule has 12 nitrogen and oxygen atoms in total. The molecular weight excluding hydrogens is 574 g/mol. The SMILES string of the molecule is NC(=O)c1ccc(Oc2cnc(NC(=O)C(OC3CCOCC3)c3ccc(S(=O)(=O)C4CC4)cc3)s2)cc1C(=O)O. The quantitative estimate of drug-likeness (QED) is 0.294. The molecule has 2 fully saturated rings. The Hall–Kier alpha value is -3.85. The summed E-state index contributed by atoms with van der Waals surface area (Å²) in [5.74, 6) is -2.59. The normalized spacial score (nSPS) is 16.6. The van der Waals surface area contributed by atoms with Gasteiger partial charge in [0.25, 0.3) is 5.91 Å². The van der Waals surface area contributed by atoms with E-state index in [4.69, 9.17) is 19.9 Å². The van der Waals surface area contributed by atoms with E-state index >= 15 is 0 Å². The molecule has 4 N–H and O–H groups in total. The summed E-state index contributed by atoms with van der Waals surface area (Å²) in [5, 5.41) is 12.2. The van der Waals surface area contributed by atoms with Crippen molar-refractivity contribution in [3.8, 4) is 10.8 Å². The molecule has 5 rings (SSSR count). The van der Waals surface area contributed by atoms with Crippen LogP contribution in [-0.2, 0) is 24.1 Å². The largest absolute Gasteiger partial charge is 0.478 e. The molecule has 0 bridgehead atoms. The van der Waals surface area contributed by atoms with E-state index in [0.717, 1.165) is 11.3 Å². The summed E-state index contributed by atoms with van der Waals surface area (Å²) in [5.41, 5.74) is 5.26. The average molecular weight is 602 g/mol. The number of carbonyl (C=O) groups excluding carboxylic acids is 2. The van der Waals surface area contributed by atoms with Gasteiger partial charge in [-0.1, -0.05) is 23.5 Å². The molecule has 0 spiro atoms. The number of thiazole rings is 1. The minimum absolute atomic E-state index is 0.135. The molecule has 2 amide bonds. The summed E-state index contributed by atoms with van der Waals surface area (Å²) in [7, 11) is -3.38. The van der Waals surface area contributed by atoms with Gasteiger partial charge in [-0.25, -0.2) is 18.2 Å². The summed E-state index contributed by atoms with van der Waals surface area (Å²) < 4.78 is 42.5. The lowest BCUT2D eigenvalue weighted by Gasteiger charge is -2.27. The molecule has 1 aliphatic carbocycles. The molecule has 1 aromatic heterocycles. The number of aromatic nitrogens is 1. The van der Waals surface area contributed by atoms with Gasteiger partial charge in [0.1, 0.15) is 5.75 Å². The minimum atomic E-state index is -3.38. The third-order valence-electron chi connectivity index (χ3n) is 6.63. The first-order valence-electron chi connectivity index (χ1n) is 12.8. The highest BCUT2D eigenvalue weighted by atomic mass is 32.2. The predicted octanol–water partition coefficient (Wildman–Crippen LogP) is 3.54. The summed E-state index contributed by atoms with van der Waals surface area (Å²) in [6.45, 7) is 1.02. The number of carboxylic acids is 1. The number of sulfone groups is 1. The van der Waals surface area contributed by atoms with Gasteiger partial charge in [0.15, 0.2) is 21.1 Å². The van der Waals surface area contributed by atoms with Crippen LogP contribution >= 0.6 is 11.3 Å². The highest BCUT2D eigenvalue weighted by Gasteiger charge is 2.37. The number of carboxylic acid groups (broad SMARTS) is 1. The van der Waals surface area contributed by atoms with Crippen LogP contribution in [0.1, 0.15) is 58.1 Å². The van der Waals surface area contributed by atoms with Crippen LogP contribution < -0.4 is 15.8 Å². The number of hydrogen-bond donors (Lipinski definition) is 3. The van der Waals surface area contributed by atoms with E-state index in [-0.39, 0.29) is 43.3 Å². The zero-order chi connectivity index (χ0) is 29.1. The molecule has 1 saturated heterocycles. The molecule has 216 valence electrons. The standard InChI is InChI=1S/C27H27N3O9S2/c28-24(31)20-8-3-17(13-21(20)26(33)34)38-22-14-29-27(40-22)30-25(32)23(39-16-9-11-37-12-10-16)15-1-4-18(5-2-15)41(35,36)19-6-7-19/h1-5,8,13-14,16,19,23H,6-7,9-12H2,(H2,28,31)(H,33,34)(H,29,30,32). The Kier molecular flexibility index (Phi) is 8.35. The average Bonchev–Trinajstić information content (AvgIpc) is 3.74. The number of anilines is 1. The summed E-state index contributed by atoms with van der Waals surface area (Å²) >= 11 is 0.996. The van der Waals surface area contributed by atoms with Crippen LogP contribution in [0.15, 0.2) is 53.6 Å². The molecular formula is C27H27N3O9S2. The van der Waals surface area contributed by atoms with Crippen LogP contribution in [0.2, 0.25) is 0 Å². The lowest BCUT2D eigenvalue weighted by molar-refractivity contribution is -0.136. The van der Waals surface area contributed by atoms with Gasteiger partial charge < -0.3 is 25.1 Å². The van der Waals surface area contributed by atoms with Crippen LogP contribution in [0.5, 0.6) is 10.8 Å². The molecule has 2 heterocycles. The van der Waals surface area contributed by atoms with E-state index in [0.29, 0.717) is 44.5 Å². The molecule has 3 aromatic rings. The van der Waals surface area contributed by atoms with E-state index < -0.39 is 33.7 Å². The van der Waals surface area contributed by atoms with Gasteiger partial charge in [-0.05, 0) is 61.6 Å². The Morgan fingerprint density at radius 3 is 2.39 bits per heavy atom. The third kappa shape index (κ3) is 6.73. The van der Waals surface area contributed by atoms with Crippen molar-refractivity contribution in [2.75, 3.05) is 18.5 Å². The van der Waals surface area contributed by atoms with Gasteiger partial charge in [-0.15, -0.1) is 0 Å². The topological polar surface area (TPSA) is 184 Å². The maximum atomic E-state index is 13.4. The molecule has 14 heteroatoms. The van der Waals surface area contributed by atoms with Gasteiger partial charge in [0, 0.05) is 13.2 Å². The van der Waals surface area contributed by atoms with Crippen molar-refractivity contribution >= 4 is 44.1 Å². The monoisotopic (exact) mass is 601 g/mol. The molecule has 41 heavy (non-hydrogen) atoms. The number of primary amides is 1. The zero-order valence-corrected chi connectivity index (χ0v) is 23.3. The molecule has 2 aromatic carbocycles. The fourth-order valence-electron chi connectivity index (χ4n) is 4.33. The molecule has 1 aliphatic heterocycles. The van der Waals surface area contributed by atoms with Gasteiger partial charge in [-0.2, -0.15) is 0 Å². The summed E-state index contributed by atoms with van der Waals surface area (Å²) in [6.07, 6.45) is 2.62. The Labute approximate surface area is 239 Å². The third-order valence-corrected chi connectivity index (χ3v) is 9.70. The van der Waals surface area contributed by atoms with Gasteiger partial charge in [0.05, 0.1) is 33.6 Å². The van der Waals surface area contributed by atoms with Gasteiger partial charge >= 0.3 is 5.97 Å². The van der Waals surface area contributed by atoms with Crippen molar-refractivity contribution in [3.05, 3.63) is 65.4 Å². The fraction of sp³-hybridized carbons (Fsp3) is 0.333. The van der Waals surface area contributed by atoms with Crippen LogP contribution in [0, 0.1) is 0 Å². The number of aromatic carboxylic acids is 1. The van der Waals surface area contributed by atoms with E-state index in [1.807, 2.05) is 0 Å². The number of rotatable bonds is 11. The highest BCUT2D eigenvalue weighted by molar-refractivity contribution is 7.92. The maximum absolute atomic E-state index is 13.4. The molecule has 1 atom stereocenters. The van der Waals surface area contributed by atoms with Crippen LogP contribution in [0.3, 0.4) is 0 Å². The van der Waals surface area contributed by atoms with Crippen molar-refractivity contribution < 1.29 is 42.1 Å². The zero-order valence-electron chi connectivity index (χ0n) is 21.6. The maximum Gasteiger partial charge on any atom is 0.336 e. The number of nitrogens with one attached hydrogen (secondary N) is 1. The second kappa shape index (κ2) is 11.9. The number of nitrogens with two attached hydrogens (primary N) is 1. The van der Waals surface area contributed by atoms with Crippen molar-refractivity contribution in [2.45, 2.75) is 48.0 Å². The van der Waals surface area contributed by atoms with Crippen LogP contribution in [0.25, 0.3) is 0 Å². The molecule has 2 aliphatic rings. The first-order chi connectivity index (χ1) is 19.6. The van der Waals surface area contributed by atoms with E-state index in [2.05, 4.69) is 10.3 Å². The fourth-order valence-corrected chi connectivity index (χ4v) is 6.68. The van der Waals surface area contributed by atoms with Gasteiger partial charge in [-0.3, -0.25) is 14.9 Å². The Morgan fingerprint density at radius 2 is 1.76 bits per heavy atom. The van der Waals surface area contributed by atoms with Crippen molar-refractivity contribution in [1.82, 2.24) is 4.98 Å². The molecule has 1 unspecified atom stereocenters. The first kappa shape index (κ1) is 28.7. The van der Waals surface area contributed by atoms with E-state index in [1.165, 1.54) is 36.5 Å². The first-order valence-corrected chi connectivity index (χ1v) is 15.2. The molecule has 0 radical (unpaired) electrons. The second-order valence-corrected chi connectivity index (χ2v) is 12.8. The van der Waals surface area contributed by atoms with Crippen LogP contribution in [0.4, 0.5) is 5.13 Å². The van der Waals surface area contributed by atoms with Crippen molar-refractivity contribution in [1.29, 1.82) is 0 Å². The van der Waals surface area contributed by atoms with Crippen molar-refractivity contribution in [2.24, 2.45) is 5.73 Å².